The van der Waals surface area contributed by atoms with Crippen molar-refractivity contribution < 1.29 is 4.79 Å². The highest BCUT2D eigenvalue weighted by Gasteiger charge is 2.26. The lowest BCUT2D eigenvalue weighted by molar-refractivity contribution is -0.122. The fourth-order valence-electron chi connectivity index (χ4n) is 1.82. The van der Waals surface area contributed by atoms with Crippen molar-refractivity contribution in [3.63, 3.8) is 0 Å². The first kappa shape index (κ1) is 8.33. The summed E-state index contributed by atoms with van der Waals surface area (Å²) in [6, 6.07) is 0. The van der Waals surface area contributed by atoms with Crippen LogP contribution in [0.1, 0.15) is 32.6 Å². The van der Waals surface area contributed by atoms with Crippen LogP contribution >= 0.6 is 0 Å². The highest BCUT2D eigenvalue weighted by molar-refractivity contribution is 5.79. The third kappa shape index (κ3) is 1.83. The Morgan fingerprint density at radius 1 is 1.45 bits per heavy atom. The van der Waals surface area contributed by atoms with Crippen molar-refractivity contribution in [2.75, 3.05) is 0 Å². The van der Waals surface area contributed by atoms with Crippen molar-refractivity contribution in [1.82, 2.24) is 0 Å². The molecule has 0 amide bonds. The van der Waals surface area contributed by atoms with E-state index in [0.29, 0.717) is 0 Å². The number of terminal acetylenes is 1. The zero-order valence-electron chi connectivity index (χ0n) is 6.97. The lowest BCUT2D eigenvalue weighted by Gasteiger charge is -2.25. The van der Waals surface area contributed by atoms with Gasteiger partial charge in [-0.25, -0.2) is 0 Å². The second-order valence-electron chi connectivity index (χ2n) is 3.27. The van der Waals surface area contributed by atoms with Gasteiger partial charge in [-0.1, -0.05) is 12.8 Å². The molecular weight excluding hydrogens is 136 g/mol. The molecule has 0 aromatic heterocycles. The van der Waals surface area contributed by atoms with Gasteiger partial charge < -0.3 is 0 Å². The molecule has 1 fully saturated rings. The number of carbonyl (C=O) groups excluding carboxylic acids is 1. The summed E-state index contributed by atoms with van der Waals surface area (Å²) in [4.78, 5) is 11.1. The molecule has 0 radical (unpaired) electrons. The molecule has 0 saturated heterocycles. The molecule has 0 aromatic carbocycles. The standard InChI is InChI=1S/C10H14O/c1-3-9-6-4-5-7-10(9)8(2)11/h1,9-10H,4-7H2,2H3/t9-,10-/m0/s1. The van der Waals surface area contributed by atoms with E-state index in [-0.39, 0.29) is 17.6 Å². The van der Waals surface area contributed by atoms with Gasteiger partial charge in [0.05, 0.1) is 0 Å². The molecule has 1 saturated carbocycles. The summed E-state index contributed by atoms with van der Waals surface area (Å²) in [5, 5.41) is 0. The molecular formula is C10H14O. The molecule has 1 heteroatoms. The van der Waals surface area contributed by atoms with Gasteiger partial charge in [-0.3, -0.25) is 4.79 Å². The summed E-state index contributed by atoms with van der Waals surface area (Å²) < 4.78 is 0. The maximum Gasteiger partial charge on any atom is 0.134 e. The van der Waals surface area contributed by atoms with E-state index in [0.717, 1.165) is 12.8 Å². The van der Waals surface area contributed by atoms with Gasteiger partial charge in [0.2, 0.25) is 0 Å². The van der Waals surface area contributed by atoms with Gasteiger partial charge in [0.15, 0.2) is 0 Å². The first-order valence-corrected chi connectivity index (χ1v) is 4.22. The van der Waals surface area contributed by atoms with E-state index in [2.05, 4.69) is 5.92 Å². The third-order valence-electron chi connectivity index (χ3n) is 2.50. The summed E-state index contributed by atoms with van der Waals surface area (Å²) in [5.74, 6) is 3.37. The molecule has 0 unspecified atom stereocenters. The average Bonchev–Trinajstić information content (AvgIpc) is 2.04. The van der Waals surface area contributed by atoms with Crippen LogP contribution in [0.3, 0.4) is 0 Å². The van der Waals surface area contributed by atoms with Gasteiger partial charge >= 0.3 is 0 Å². The molecule has 1 aliphatic rings. The minimum absolute atomic E-state index is 0.161. The molecule has 0 spiro atoms. The van der Waals surface area contributed by atoms with Crippen LogP contribution in [0, 0.1) is 24.2 Å². The van der Waals surface area contributed by atoms with Gasteiger partial charge in [-0.2, -0.15) is 0 Å². The van der Waals surface area contributed by atoms with Crippen molar-refractivity contribution in [2.24, 2.45) is 11.8 Å². The topological polar surface area (TPSA) is 17.1 Å². The van der Waals surface area contributed by atoms with Crippen molar-refractivity contribution >= 4 is 5.78 Å². The van der Waals surface area contributed by atoms with Crippen LogP contribution in [0.25, 0.3) is 0 Å². The van der Waals surface area contributed by atoms with Crippen LogP contribution in [0.2, 0.25) is 0 Å². The van der Waals surface area contributed by atoms with E-state index in [4.69, 9.17) is 6.42 Å². The Morgan fingerprint density at radius 3 is 2.55 bits per heavy atom. The van der Waals surface area contributed by atoms with E-state index in [1.165, 1.54) is 12.8 Å². The van der Waals surface area contributed by atoms with Gasteiger partial charge in [-0.15, -0.1) is 12.3 Å². The smallest absolute Gasteiger partial charge is 0.134 e. The second kappa shape index (κ2) is 3.57. The monoisotopic (exact) mass is 150 g/mol. The number of hydrogen-bond donors (Lipinski definition) is 0. The van der Waals surface area contributed by atoms with E-state index < -0.39 is 0 Å². The summed E-state index contributed by atoms with van der Waals surface area (Å²) in [6.07, 6.45) is 9.74. The molecule has 0 aromatic rings. The Kier molecular flexibility index (Phi) is 2.70. The van der Waals surface area contributed by atoms with Gasteiger partial charge in [0.25, 0.3) is 0 Å². The number of Topliss-reactive ketones (excluding diaryl/α,β-unsaturated/α-hetero) is 1. The van der Waals surface area contributed by atoms with Crippen LogP contribution in [0.15, 0.2) is 0 Å². The van der Waals surface area contributed by atoms with Crippen LogP contribution in [-0.2, 0) is 4.79 Å². The Morgan fingerprint density at radius 2 is 2.09 bits per heavy atom. The molecule has 0 heterocycles. The highest BCUT2D eigenvalue weighted by Crippen LogP contribution is 2.29. The van der Waals surface area contributed by atoms with Crippen LogP contribution in [0.4, 0.5) is 0 Å². The molecule has 11 heavy (non-hydrogen) atoms. The van der Waals surface area contributed by atoms with Crippen molar-refractivity contribution in [3.8, 4) is 12.3 Å². The Labute approximate surface area is 68.2 Å². The van der Waals surface area contributed by atoms with Crippen LogP contribution in [-0.4, -0.2) is 5.78 Å². The maximum atomic E-state index is 11.1. The van der Waals surface area contributed by atoms with Gasteiger partial charge in [0.1, 0.15) is 5.78 Å². The zero-order chi connectivity index (χ0) is 8.27. The number of rotatable bonds is 1. The Hall–Kier alpha value is -0.770. The SMILES string of the molecule is C#C[C@H]1CCCC[C@H]1C(C)=O. The van der Waals surface area contributed by atoms with Gasteiger partial charge in [0, 0.05) is 11.8 Å². The first-order valence-electron chi connectivity index (χ1n) is 4.22. The molecule has 1 rings (SSSR count). The predicted octanol–water partition coefficient (Wildman–Crippen LogP) is 2.01. The summed E-state index contributed by atoms with van der Waals surface area (Å²) in [6.45, 7) is 1.65. The molecule has 0 bridgehead atoms. The Bertz CT molecular complexity index is 188. The normalized spacial score (nSPS) is 30.9. The van der Waals surface area contributed by atoms with E-state index >= 15 is 0 Å². The lowest BCUT2D eigenvalue weighted by Crippen LogP contribution is -2.24. The molecule has 60 valence electrons. The van der Waals surface area contributed by atoms with Crippen LogP contribution < -0.4 is 0 Å². The molecule has 1 nitrogen and oxygen atoms in total. The zero-order valence-corrected chi connectivity index (χ0v) is 6.97. The molecule has 0 N–H and O–H groups in total. The fraction of sp³-hybridized carbons (Fsp3) is 0.700. The molecule has 1 aliphatic carbocycles. The summed E-state index contributed by atoms with van der Waals surface area (Å²) >= 11 is 0. The average molecular weight is 150 g/mol. The Balaban J connectivity index is 2.60. The predicted molar refractivity (Wildman–Crippen MR) is 45.0 cm³/mol. The minimum Gasteiger partial charge on any atom is -0.300 e. The maximum absolute atomic E-state index is 11.1. The molecule has 2 atom stereocenters. The van der Waals surface area contributed by atoms with Crippen LogP contribution in [0.5, 0.6) is 0 Å². The van der Waals surface area contributed by atoms with E-state index in [1.54, 1.807) is 6.92 Å². The molecule has 0 aliphatic heterocycles. The van der Waals surface area contributed by atoms with Crippen molar-refractivity contribution in [3.05, 3.63) is 0 Å². The highest BCUT2D eigenvalue weighted by atomic mass is 16.1. The number of ketones is 1. The second-order valence-corrected chi connectivity index (χ2v) is 3.27. The minimum atomic E-state index is 0.161. The third-order valence-corrected chi connectivity index (χ3v) is 2.50. The van der Waals surface area contributed by atoms with E-state index in [9.17, 15) is 4.79 Å². The quantitative estimate of drug-likeness (QED) is 0.522. The first-order chi connectivity index (χ1) is 5.25. The fourth-order valence-corrected chi connectivity index (χ4v) is 1.82. The van der Waals surface area contributed by atoms with Crippen molar-refractivity contribution in [2.45, 2.75) is 32.6 Å². The summed E-state index contributed by atoms with van der Waals surface area (Å²) in [5.41, 5.74) is 0. The number of carbonyl (C=O) groups is 1. The largest absolute Gasteiger partial charge is 0.300 e. The van der Waals surface area contributed by atoms with E-state index in [1.807, 2.05) is 0 Å². The van der Waals surface area contributed by atoms with Crippen molar-refractivity contribution in [1.29, 1.82) is 0 Å². The van der Waals surface area contributed by atoms with Gasteiger partial charge in [-0.05, 0) is 19.8 Å². The lowest BCUT2D eigenvalue weighted by atomic mass is 9.78. The number of hydrogen-bond acceptors (Lipinski definition) is 1. The summed E-state index contributed by atoms with van der Waals surface area (Å²) in [7, 11) is 0.